The highest BCUT2D eigenvalue weighted by Gasteiger charge is 2.25. The quantitative estimate of drug-likeness (QED) is 0.325. The fourth-order valence-electron chi connectivity index (χ4n) is 3.71. The van der Waals surface area contributed by atoms with Gasteiger partial charge in [-0.15, -0.1) is 24.0 Å². The summed E-state index contributed by atoms with van der Waals surface area (Å²) in [6, 6.07) is 6.10. The predicted molar refractivity (Wildman–Crippen MR) is 127 cm³/mol. The largest absolute Gasteiger partial charge is 0.495 e. The molecule has 0 saturated carbocycles. The molecule has 2 heterocycles. The molecule has 0 amide bonds. The van der Waals surface area contributed by atoms with Gasteiger partial charge in [0.2, 0.25) is 0 Å². The highest BCUT2D eigenvalue weighted by molar-refractivity contribution is 14.0. The normalized spacial score (nSPS) is 22.1. The molecule has 8 heteroatoms. The monoisotopic (exact) mass is 522 g/mol. The van der Waals surface area contributed by atoms with Gasteiger partial charge in [-0.2, -0.15) is 0 Å². The average molecular weight is 523 g/mol. The fourth-order valence-corrected chi connectivity index (χ4v) is 3.88. The molecule has 0 aromatic heterocycles. The molecule has 2 saturated heterocycles. The van der Waals surface area contributed by atoms with E-state index in [-0.39, 0.29) is 24.0 Å². The van der Waals surface area contributed by atoms with Gasteiger partial charge < -0.3 is 25.0 Å². The highest BCUT2D eigenvalue weighted by atomic mass is 127. The molecule has 3 rings (SSSR count). The van der Waals surface area contributed by atoms with Crippen molar-refractivity contribution in [1.82, 2.24) is 10.6 Å². The number of rotatable bonds is 7. The van der Waals surface area contributed by atoms with Crippen LogP contribution in [0.15, 0.2) is 23.2 Å². The van der Waals surface area contributed by atoms with Gasteiger partial charge in [-0.25, -0.2) is 0 Å². The van der Waals surface area contributed by atoms with Crippen LogP contribution in [-0.2, 0) is 4.74 Å². The van der Waals surface area contributed by atoms with E-state index in [0.29, 0.717) is 12.1 Å². The fraction of sp³-hybridized carbons (Fsp3) is 0.650. The van der Waals surface area contributed by atoms with Gasteiger partial charge in [0.1, 0.15) is 5.75 Å². The number of halogens is 2. The van der Waals surface area contributed by atoms with Crippen LogP contribution in [0.4, 0.5) is 5.69 Å². The van der Waals surface area contributed by atoms with E-state index in [1.807, 2.05) is 18.2 Å². The van der Waals surface area contributed by atoms with Crippen LogP contribution < -0.4 is 20.3 Å². The molecule has 1 aromatic rings. The van der Waals surface area contributed by atoms with Gasteiger partial charge in [-0.05, 0) is 50.8 Å². The summed E-state index contributed by atoms with van der Waals surface area (Å²) in [5.74, 6) is 1.75. The average Bonchev–Trinajstić information content (AvgIpc) is 3.34. The first-order valence-electron chi connectivity index (χ1n) is 9.94. The standard InChI is InChI=1S/C20H31ClN4O2.HI/c1-3-22-20(23-10-8-17-5-4-12-27-17)24-16-9-11-25(14-16)18-13-15(21)6-7-19(18)26-2;/h6-7,13,16-17H,3-5,8-12,14H2,1-2H3,(H2,22,23,24);1H. The van der Waals surface area contributed by atoms with Crippen molar-refractivity contribution in [1.29, 1.82) is 0 Å². The molecule has 1 aromatic carbocycles. The van der Waals surface area contributed by atoms with Gasteiger partial charge in [-0.3, -0.25) is 4.99 Å². The zero-order valence-corrected chi connectivity index (χ0v) is 19.8. The number of benzene rings is 1. The maximum Gasteiger partial charge on any atom is 0.191 e. The number of anilines is 1. The summed E-state index contributed by atoms with van der Waals surface area (Å²) in [6.07, 6.45) is 4.77. The first kappa shape index (κ1) is 23.3. The van der Waals surface area contributed by atoms with Crippen LogP contribution in [0.2, 0.25) is 5.02 Å². The van der Waals surface area contributed by atoms with Crippen LogP contribution in [0, 0.1) is 0 Å². The van der Waals surface area contributed by atoms with Crippen LogP contribution >= 0.6 is 35.6 Å². The first-order chi connectivity index (χ1) is 13.2. The zero-order valence-electron chi connectivity index (χ0n) is 16.7. The number of nitrogens with one attached hydrogen (secondary N) is 2. The van der Waals surface area contributed by atoms with Crippen LogP contribution in [0.1, 0.15) is 32.6 Å². The van der Waals surface area contributed by atoms with Crippen LogP contribution in [0.3, 0.4) is 0 Å². The van der Waals surface area contributed by atoms with Crippen molar-refractivity contribution in [2.75, 3.05) is 44.8 Å². The number of guanidine groups is 1. The number of nitrogens with zero attached hydrogens (tertiary/aromatic N) is 2. The third-order valence-electron chi connectivity index (χ3n) is 5.10. The molecule has 2 fully saturated rings. The molecular weight excluding hydrogens is 491 g/mol. The van der Waals surface area contributed by atoms with Crippen molar-refractivity contribution in [3.8, 4) is 5.75 Å². The minimum absolute atomic E-state index is 0. The highest BCUT2D eigenvalue weighted by Crippen LogP contribution is 2.33. The van der Waals surface area contributed by atoms with Crippen LogP contribution in [-0.4, -0.2) is 58.0 Å². The Bertz CT molecular complexity index is 641. The van der Waals surface area contributed by atoms with Gasteiger partial charge in [0.05, 0.1) is 18.9 Å². The lowest BCUT2D eigenvalue weighted by atomic mass is 10.2. The smallest absolute Gasteiger partial charge is 0.191 e. The molecule has 2 N–H and O–H groups in total. The summed E-state index contributed by atoms with van der Waals surface area (Å²) < 4.78 is 11.2. The van der Waals surface area contributed by atoms with Crippen molar-refractivity contribution >= 4 is 47.2 Å². The molecule has 2 unspecified atom stereocenters. The molecule has 0 spiro atoms. The topological polar surface area (TPSA) is 58.1 Å². The Hall–Kier alpha value is -0.930. The molecule has 2 aliphatic rings. The lowest BCUT2D eigenvalue weighted by Crippen LogP contribution is -2.44. The third kappa shape index (κ3) is 6.56. The Morgan fingerprint density at radius 1 is 1.39 bits per heavy atom. The molecule has 28 heavy (non-hydrogen) atoms. The maximum absolute atomic E-state index is 6.19. The number of hydrogen-bond donors (Lipinski definition) is 2. The minimum atomic E-state index is 0. The molecule has 158 valence electrons. The number of hydrogen-bond acceptors (Lipinski definition) is 4. The Morgan fingerprint density at radius 2 is 2.25 bits per heavy atom. The molecule has 2 aliphatic heterocycles. The Morgan fingerprint density at radius 3 is 2.96 bits per heavy atom. The maximum atomic E-state index is 6.19. The zero-order chi connectivity index (χ0) is 19.1. The Balaban J connectivity index is 0.00000280. The first-order valence-corrected chi connectivity index (χ1v) is 10.3. The van der Waals surface area contributed by atoms with Crippen molar-refractivity contribution < 1.29 is 9.47 Å². The van der Waals surface area contributed by atoms with Gasteiger partial charge in [-0.1, -0.05) is 11.6 Å². The van der Waals surface area contributed by atoms with E-state index in [0.717, 1.165) is 68.0 Å². The molecule has 2 atom stereocenters. The summed E-state index contributed by atoms with van der Waals surface area (Å²) in [6.45, 7) is 6.49. The van der Waals surface area contributed by atoms with E-state index in [4.69, 9.17) is 26.1 Å². The Labute approximate surface area is 190 Å². The second-order valence-electron chi connectivity index (χ2n) is 7.08. The number of methoxy groups -OCH3 is 1. The van der Waals surface area contributed by atoms with Gasteiger partial charge in [0.15, 0.2) is 5.96 Å². The summed E-state index contributed by atoms with van der Waals surface area (Å²) in [5.41, 5.74) is 1.05. The van der Waals surface area contributed by atoms with Crippen LogP contribution in [0.5, 0.6) is 5.75 Å². The van der Waals surface area contributed by atoms with E-state index in [2.05, 4.69) is 22.5 Å². The summed E-state index contributed by atoms with van der Waals surface area (Å²) in [5, 5.41) is 7.66. The Kier molecular flexibility index (Phi) is 9.94. The van der Waals surface area contributed by atoms with E-state index < -0.39 is 0 Å². The van der Waals surface area contributed by atoms with E-state index >= 15 is 0 Å². The molecule has 6 nitrogen and oxygen atoms in total. The molecule has 0 radical (unpaired) electrons. The number of ether oxygens (including phenoxy) is 2. The predicted octanol–water partition coefficient (Wildman–Crippen LogP) is 3.67. The van der Waals surface area contributed by atoms with Crippen molar-refractivity contribution in [2.24, 2.45) is 4.99 Å². The van der Waals surface area contributed by atoms with Crippen molar-refractivity contribution in [3.05, 3.63) is 23.2 Å². The molecule has 0 bridgehead atoms. The second-order valence-corrected chi connectivity index (χ2v) is 7.51. The number of aliphatic imine (C=N–C) groups is 1. The van der Waals surface area contributed by atoms with Gasteiger partial charge in [0, 0.05) is 43.9 Å². The lowest BCUT2D eigenvalue weighted by Gasteiger charge is -2.22. The van der Waals surface area contributed by atoms with Crippen LogP contribution in [0.25, 0.3) is 0 Å². The van der Waals surface area contributed by atoms with Crippen molar-refractivity contribution in [3.63, 3.8) is 0 Å². The second kappa shape index (κ2) is 11.9. The van der Waals surface area contributed by atoms with E-state index in [1.165, 1.54) is 12.8 Å². The third-order valence-corrected chi connectivity index (χ3v) is 5.33. The summed E-state index contributed by atoms with van der Waals surface area (Å²) >= 11 is 6.19. The van der Waals surface area contributed by atoms with Gasteiger partial charge in [0.25, 0.3) is 0 Å². The minimum Gasteiger partial charge on any atom is -0.495 e. The van der Waals surface area contributed by atoms with Gasteiger partial charge >= 0.3 is 0 Å². The summed E-state index contributed by atoms with van der Waals surface area (Å²) in [4.78, 5) is 7.05. The lowest BCUT2D eigenvalue weighted by molar-refractivity contribution is 0.106. The van der Waals surface area contributed by atoms with E-state index in [1.54, 1.807) is 7.11 Å². The molecular formula is C20H32ClIN4O2. The van der Waals surface area contributed by atoms with Crippen molar-refractivity contribution in [2.45, 2.75) is 44.8 Å². The SMILES string of the molecule is CCNC(=NCCC1CCCO1)NC1CCN(c2cc(Cl)ccc2OC)C1.I. The molecule has 0 aliphatic carbocycles. The summed E-state index contributed by atoms with van der Waals surface area (Å²) in [7, 11) is 1.70. The van der Waals surface area contributed by atoms with E-state index in [9.17, 15) is 0 Å².